The van der Waals surface area contributed by atoms with Gasteiger partial charge in [-0.05, 0) is 58.7 Å². The summed E-state index contributed by atoms with van der Waals surface area (Å²) in [7, 11) is 0. The molecule has 0 aliphatic rings. The van der Waals surface area contributed by atoms with Crippen LogP contribution in [0, 0.1) is 0 Å². The molecule has 0 bridgehead atoms. The molecule has 0 unspecified atom stereocenters. The van der Waals surface area contributed by atoms with Gasteiger partial charge in [-0.2, -0.15) is 0 Å². The number of hydrogen-bond acceptors (Lipinski definition) is 0. The minimum Gasteiger partial charge on any atom is -0.309 e. The van der Waals surface area contributed by atoms with Gasteiger partial charge in [-0.15, -0.1) is 0 Å². The molecule has 9 rings (SSSR count). The summed E-state index contributed by atoms with van der Waals surface area (Å²) in [5.41, 5.74) is 11.9. The maximum absolute atomic E-state index is 2.38. The maximum Gasteiger partial charge on any atom is 0.0541 e. The van der Waals surface area contributed by atoms with Gasteiger partial charge in [-0.25, -0.2) is 0 Å². The molecule has 7 aromatic carbocycles. The monoisotopic (exact) mass is 612 g/mol. The molecule has 0 N–H and O–H groups in total. The van der Waals surface area contributed by atoms with E-state index in [9.17, 15) is 0 Å². The number of rotatable bonds is 6. The third-order valence-corrected chi connectivity index (χ3v) is 9.36. The molecule has 0 atom stereocenters. The standard InChI is InChI=1S/C46H32N2/c1-7-19-41(47-43-21-9-3-15-37(43)38-16-4-10-22-44(38)47)35(13-1)31-29-33-25-27-34(28-26-33)30-32-36-14-2-8-20-42(36)48-45-23-11-5-17-39(45)40-18-6-12-24-46(40)48/h1-32H/b31-29+,32-30+. The Hall–Kier alpha value is -6.38. The van der Waals surface area contributed by atoms with E-state index in [-0.39, 0.29) is 0 Å². The molecule has 0 saturated heterocycles. The van der Waals surface area contributed by atoms with Crippen LogP contribution in [-0.2, 0) is 0 Å². The third-order valence-electron chi connectivity index (χ3n) is 9.36. The summed E-state index contributed by atoms with van der Waals surface area (Å²) in [5, 5.41) is 5.09. The van der Waals surface area contributed by atoms with Crippen LogP contribution in [0.15, 0.2) is 170 Å². The molecule has 2 aromatic heterocycles. The average molecular weight is 613 g/mol. The zero-order chi connectivity index (χ0) is 31.9. The molecule has 48 heavy (non-hydrogen) atoms. The minimum absolute atomic E-state index is 1.16. The van der Waals surface area contributed by atoms with Gasteiger partial charge in [0.1, 0.15) is 0 Å². The first-order valence-corrected chi connectivity index (χ1v) is 16.4. The molecule has 0 radical (unpaired) electrons. The lowest BCUT2D eigenvalue weighted by atomic mass is 10.1. The summed E-state index contributed by atoms with van der Waals surface area (Å²) in [6, 6.07) is 60.7. The van der Waals surface area contributed by atoms with Gasteiger partial charge in [0.2, 0.25) is 0 Å². The normalized spacial score (nSPS) is 12.0. The molecule has 0 spiro atoms. The smallest absolute Gasteiger partial charge is 0.0541 e. The molecule has 9 aromatic rings. The van der Waals surface area contributed by atoms with Crippen LogP contribution in [0.5, 0.6) is 0 Å². The van der Waals surface area contributed by atoms with Crippen molar-refractivity contribution in [3.8, 4) is 11.4 Å². The van der Waals surface area contributed by atoms with E-state index < -0.39 is 0 Å². The van der Waals surface area contributed by atoms with E-state index in [0.717, 1.165) is 11.1 Å². The molecular formula is C46H32N2. The topological polar surface area (TPSA) is 9.86 Å². The van der Waals surface area contributed by atoms with Gasteiger partial charge >= 0.3 is 0 Å². The quantitative estimate of drug-likeness (QED) is 0.165. The molecule has 2 nitrogen and oxygen atoms in total. The molecule has 226 valence electrons. The van der Waals surface area contributed by atoms with E-state index in [1.54, 1.807) is 0 Å². The Bertz CT molecular complexity index is 2370. The van der Waals surface area contributed by atoms with Crippen LogP contribution in [0.3, 0.4) is 0 Å². The van der Waals surface area contributed by atoms with Crippen molar-refractivity contribution in [3.63, 3.8) is 0 Å². The van der Waals surface area contributed by atoms with Crippen LogP contribution in [0.1, 0.15) is 22.3 Å². The lowest BCUT2D eigenvalue weighted by molar-refractivity contribution is 1.17. The lowest BCUT2D eigenvalue weighted by Crippen LogP contribution is -1.96. The van der Waals surface area contributed by atoms with Crippen LogP contribution in [0.25, 0.3) is 79.3 Å². The predicted molar refractivity (Wildman–Crippen MR) is 206 cm³/mol. The molecule has 2 heterocycles. The predicted octanol–water partition coefficient (Wildman–Crippen LogP) is 12.2. The Balaban J connectivity index is 1.02. The Labute approximate surface area is 279 Å². The highest BCUT2D eigenvalue weighted by molar-refractivity contribution is 6.10. The van der Waals surface area contributed by atoms with E-state index in [0.29, 0.717) is 0 Å². The average Bonchev–Trinajstić information content (AvgIpc) is 3.67. The first-order chi connectivity index (χ1) is 23.8. The second kappa shape index (κ2) is 11.8. The number of aromatic nitrogens is 2. The van der Waals surface area contributed by atoms with Crippen LogP contribution in [-0.4, -0.2) is 9.13 Å². The number of nitrogens with zero attached hydrogens (tertiary/aromatic N) is 2. The molecule has 0 amide bonds. The molecular weight excluding hydrogens is 581 g/mol. The first kappa shape index (κ1) is 27.9. The highest BCUT2D eigenvalue weighted by Gasteiger charge is 2.14. The zero-order valence-corrected chi connectivity index (χ0v) is 26.4. The molecule has 0 aliphatic carbocycles. The second-order valence-electron chi connectivity index (χ2n) is 12.2. The van der Waals surface area contributed by atoms with Crippen molar-refractivity contribution < 1.29 is 0 Å². The van der Waals surface area contributed by atoms with Gasteiger partial charge in [-0.3, -0.25) is 0 Å². The number of para-hydroxylation sites is 6. The Morgan fingerprint density at radius 3 is 0.917 bits per heavy atom. The van der Waals surface area contributed by atoms with Gasteiger partial charge in [0, 0.05) is 21.5 Å². The fourth-order valence-corrected chi connectivity index (χ4v) is 7.12. The maximum atomic E-state index is 2.38. The van der Waals surface area contributed by atoms with E-state index >= 15 is 0 Å². The van der Waals surface area contributed by atoms with Crippen molar-refractivity contribution in [1.82, 2.24) is 9.13 Å². The minimum atomic E-state index is 1.16. The number of benzene rings is 7. The summed E-state index contributed by atoms with van der Waals surface area (Å²) in [5.74, 6) is 0. The van der Waals surface area contributed by atoms with Gasteiger partial charge in [-0.1, -0.05) is 158 Å². The Morgan fingerprint density at radius 1 is 0.271 bits per heavy atom. The van der Waals surface area contributed by atoms with Crippen molar-refractivity contribution in [1.29, 1.82) is 0 Å². The van der Waals surface area contributed by atoms with Crippen LogP contribution >= 0.6 is 0 Å². The van der Waals surface area contributed by atoms with Crippen LogP contribution < -0.4 is 0 Å². The van der Waals surface area contributed by atoms with Crippen LogP contribution in [0.4, 0.5) is 0 Å². The van der Waals surface area contributed by atoms with E-state index in [2.05, 4.69) is 203 Å². The van der Waals surface area contributed by atoms with Crippen molar-refractivity contribution in [2.24, 2.45) is 0 Å². The third kappa shape index (κ3) is 4.74. The molecule has 0 fully saturated rings. The first-order valence-electron chi connectivity index (χ1n) is 16.4. The Kier molecular flexibility index (Phi) is 6.84. The summed E-state index contributed by atoms with van der Waals surface area (Å²) in [6.45, 7) is 0. The number of fused-ring (bicyclic) bond motifs is 6. The number of hydrogen-bond donors (Lipinski definition) is 0. The largest absolute Gasteiger partial charge is 0.309 e. The summed E-state index contributed by atoms with van der Waals surface area (Å²) >= 11 is 0. The van der Waals surface area contributed by atoms with E-state index in [1.807, 2.05) is 0 Å². The van der Waals surface area contributed by atoms with Crippen molar-refractivity contribution >= 4 is 67.9 Å². The van der Waals surface area contributed by atoms with Gasteiger partial charge in [0.25, 0.3) is 0 Å². The van der Waals surface area contributed by atoms with Crippen LogP contribution in [0.2, 0.25) is 0 Å². The van der Waals surface area contributed by atoms with Crippen molar-refractivity contribution in [2.75, 3.05) is 0 Å². The van der Waals surface area contributed by atoms with Gasteiger partial charge in [0.15, 0.2) is 0 Å². The summed E-state index contributed by atoms with van der Waals surface area (Å²) < 4.78 is 4.77. The fraction of sp³-hybridized carbons (Fsp3) is 0. The van der Waals surface area contributed by atoms with Crippen molar-refractivity contribution in [2.45, 2.75) is 0 Å². The molecule has 0 saturated carbocycles. The highest BCUT2D eigenvalue weighted by Crippen LogP contribution is 2.35. The summed E-state index contributed by atoms with van der Waals surface area (Å²) in [4.78, 5) is 0. The second-order valence-corrected chi connectivity index (χ2v) is 12.2. The Morgan fingerprint density at radius 2 is 0.562 bits per heavy atom. The SMILES string of the molecule is C(=C\c1ccccc1-n1c2ccccc2c2ccccc21)/c1ccc(/C=C/c2ccccc2-n2c3ccccc3c3ccccc32)cc1. The van der Waals surface area contributed by atoms with E-state index in [1.165, 1.54) is 66.1 Å². The molecule has 2 heteroatoms. The van der Waals surface area contributed by atoms with Gasteiger partial charge < -0.3 is 9.13 Å². The summed E-state index contributed by atoms with van der Waals surface area (Å²) in [6.07, 6.45) is 8.87. The van der Waals surface area contributed by atoms with E-state index in [4.69, 9.17) is 0 Å². The van der Waals surface area contributed by atoms with Crippen molar-refractivity contribution in [3.05, 3.63) is 192 Å². The lowest BCUT2D eigenvalue weighted by Gasteiger charge is -2.11. The van der Waals surface area contributed by atoms with Gasteiger partial charge in [0.05, 0.1) is 33.4 Å². The fourth-order valence-electron chi connectivity index (χ4n) is 7.12. The molecule has 0 aliphatic heterocycles. The zero-order valence-electron chi connectivity index (χ0n) is 26.4. The highest BCUT2D eigenvalue weighted by atomic mass is 15.0.